The fourth-order valence-electron chi connectivity index (χ4n) is 1.82. The highest BCUT2D eigenvalue weighted by atomic mass is 16.6. The summed E-state index contributed by atoms with van der Waals surface area (Å²) in [5, 5.41) is 21.9. The van der Waals surface area contributed by atoms with Crippen molar-refractivity contribution in [1.29, 1.82) is 0 Å². The summed E-state index contributed by atoms with van der Waals surface area (Å²) < 4.78 is 0. The first-order valence-corrected chi connectivity index (χ1v) is 5.46. The van der Waals surface area contributed by atoms with Crippen LogP contribution >= 0.6 is 0 Å². The molecule has 2 aromatic carbocycles. The molecule has 0 N–H and O–H groups in total. The Hall–Kier alpha value is -2.76. The van der Waals surface area contributed by atoms with Crippen LogP contribution in [-0.2, 0) is 6.42 Å². The quantitative estimate of drug-likeness (QED) is 0.622. The molecule has 0 aliphatic rings. The van der Waals surface area contributed by atoms with Gasteiger partial charge in [-0.05, 0) is 11.6 Å². The second kappa shape index (κ2) is 5.26. The van der Waals surface area contributed by atoms with E-state index in [1.165, 1.54) is 12.1 Å². The lowest BCUT2D eigenvalue weighted by atomic mass is 10.0. The first kappa shape index (κ1) is 12.7. The monoisotopic (exact) mass is 257 g/mol. The van der Waals surface area contributed by atoms with Gasteiger partial charge in [0.2, 0.25) is 0 Å². The number of nitrogens with zero attached hydrogens (tertiary/aromatic N) is 2. The molecule has 19 heavy (non-hydrogen) atoms. The van der Waals surface area contributed by atoms with Crippen LogP contribution in [-0.4, -0.2) is 9.85 Å². The van der Waals surface area contributed by atoms with E-state index in [1.54, 1.807) is 24.3 Å². The number of nitro groups is 2. The van der Waals surface area contributed by atoms with E-state index in [0.717, 1.165) is 5.56 Å². The van der Waals surface area contributed by atoms with E-state index in [1.807, 2.05) is 6.07 Å². The highest BCUT2D eigenvalue weighted by Gasteiger charge is 2.24. The van der Waals surface area contributed by atoms with Crippen molar-refractivity contribution in [2.45, 2.75) is 6.42 Å². The summed E-state index contributed by atoms with van der Waals surface area (Å²) in [4.78, 5) is 20.6. The van der Waals surface area contributed by atoms with Crippen LogP contribution < -0.4 is 0 Å². The zero-order valence-electron chi connectivity index (χ0n) is 9.78. The van der Waals surface area contributed by atoms with E-state index in [2.05, 4.69) is 6.07 Å². The molecule has 0 heterocycles. The van der Waals surface area contributed by atoms with E-state index in [4.69, 9.17) is 0 Å². The van der Waals surface area contributed by atoms with Gasteiger partial charge < -0.3 is 0 Å². The Labute approximate surface area is 108 Å². The van der Waals surface area contributed by atoms with Crippen molar-refractivity contribution in [3.8, 4) is 0 Å². The molecule has 6 heteroatoms. The summed E-state index contributed by atoms with van der Waals surface area (Å²) in [6.07, 6.45) is 0.130. The molecule has 1 radical (unpaired) electrons. The SMILES string of the molecule is O=[N+]([O-])c1[c]ccc([N+](=O)[O-])c1Cc1ccccc1. The van der Waals surface area contributed by atoms with Crippen LogP contribution in [0.5, 0.6) is 0 Å². The first-order chi connectivity index (χ1) is 9.09. The molecule has 0 aliphatic heterocycles. The Bertz CT molecular complexity index is 594. The summed E-state index contributed by atoms with van der Waals surface area (Å²) in [5.74, 6) is 0. The summed E-state index contributed by atoms with van der Waals surface area (Å²) in [6, 6.07) is 13.8. The molecule has 0 aromatic heterocycles. The van der Waals surface area contributed by atoms with Gasteiger partial charge in [-0.1, -0.05) is 30.3 Å². The van der Waals surface area contributed by atoms with Crippen LogP contribution in [0.4, 0.5) is 11.4 Å². The smallest absolute Gasteiger partial charge is 0.258 e. The second-order valence-corrected chi connectivity index (χ2v) is 3.87. The highest BCUT2D eigenvalue weighted by Crippen LogP contribution is 2.29. The molecule has 0 atom stereocenters. The Balaban J connectivity index is 2.52. The van der Waals surface area contributed by atoms with Gasteiger partial charge in [0.15, 0.2) is 0 Å². The molecule has 0 amide bonds. The van der Waals surface area contributed by atoms with Gasteiger partial charge in [-0.25, -0.2) is 0 Å². The molecule has 95 valence electrons. The van der Waals surface area contributed by atoms with Crippen molar-refractivity contribution >= 4 is 11.4 Å². The number of hydrogen-bond acceptors (Lipinski definition) is 4. The maximum atomic E-state index is 11.0. The molecular weight excluding hydrogens is 248 g/mol. The Morgan fingerprint density at radius 1 is 1.00 bits per heavy atom. The Morgan fingerprint density at radius 2 is 1.68 bits per heavy atom. The molecule has 2 aromatic rings. The largest absolute Gasteiger partial charge is 0.287 e. The fourth-order valence-corrected chi connectivity index (χ4v) is 1.82. The van der Waals surface area contributed by atoms with Gasteiger partial charge in [0.05, 0.1) is 15.9 Å². The lowest BCUT2D eigenvalue weighted by molar-refractivity contribution is -0.395. The molecule has 2 rings (SSSR count). The summed E-state index contributed by atoms with van der Waals surface area (Å²) >= 11 is 0. The molecule has 0 saturated heterocycles. The Morgan fingerprint density at radius 3 is 2.26 bits per heavy atom. The van der Waals surface area contributed by atoms with Gasteiger partial charge in [-0.3, -0.25) is 20.2 Å². The molecule has 6 nitrogen and oxygen atoms in total. The van der Waals surface area contributed by atoms with E-state index < -0.39 is 9.85 Å². The molecule has 0 unspecified atom stereocenters. The maximum Gasteiger partial charge on any atom is 0.287 e. The molecule has 0 fully saturated rings. The molecule has 0 bridgehead atoms. The highest BCUT2D eigenvalue weighted by molar-refractivity contribution is 5.54. The van der Waals surface area contributed by atoms with Gasteiger partial charge in [-0.15, -0.1) is 0 Å². The van der Waals surface area contributed by atoms with Crippen molar-refractivity contribution in [3.05, 3.63) is 79.9 Å². The summed E-state index contributed by atoms with van der Waals surface area (Å²) in [6.45, 7) is 0. The van der Waals surface area contributed by atoms with Gasteiger partial charge in [0.25, 0.3) is 11.4 Å². The lowest BCUT2D eigenvalue weighted by Gasteiger charge is -2.04. The number of rotatable bonds is 4. The normalized spacial score (nSPS) is 10.1. The molecule has 0 spiro atoms. The Kier molecular flexibility index (Phi) is 3.51. The maximum absolute atomic E-state index is 11.0. The molecule has 0 saturated carbocycles. The number of benzene rings is 2. The standard InChI is InChI=1S/C13H9N2O4/c16-14(17)12-7-4-8-13(15(18)19)11(12)9-10-5-2-1-3-6-10/h1-7H,9H2. The predicted molar refractivity (Wildman–Crippen MR) is 67.8 cm³/mol. The average molecular weight is 257 g/mol. The lowest BCUT2D eigenvalue weighted by Crippen LogP contribution is -2.02. The van der Waals surface area contributed by atoms with Crippen molar-refractivity contribution in [2.24, 2.45) is 0 Å². The van der Waals surface area contributed by atoms with E-state index >= 15 is 0 Å². The van der Waals surface area contributed by atoms with Crippen LogP contribution in [0, 0.1) is 26.3 Å². The third-order valence-corrected chi connectivity index (χ3v) is 2.66. The zero-order valence-corrected chi connectivity index (χ0v) is 9.78. The van der Waals surface area contributed by atoms with Crippen LogP contribution in [0.1, 0.15) is 11.1 Å². The van der Waals surface area contributed by atoms with Crippen LogP contribution in [0.3, 0.4) is 0 Å². The minimum atomic E-state index is -0.648. The van der Waals surface area contributed by atoms with Gasteiger partial charge in [0.1, 0.15) is 5.56 Å². The average Bonchev–Trinajstić information content (AvgIpc) is 2.39. The van der Waals surface area contributed by atoms with Crippen LogP contribution in [0.25, 0.3) is 0 Å². The van der Waals surface area contributed by atoms with Crippen molar-refractivity contribution < 1.29 is 9.85 Å². The van der Waals surface area contributed by atoms with Gasteiger partial charge >= 0.3 is 0 Å². The van der Waals surface area contributed by atoms with Crippen molar-refractivity contribution in [1.82, 2.24) is 0 Å². The third-order valence-electron chi connectivity index (χ3n) is 2.66. The summed E-state index contributed by atoms with van der Waals surface area (Å²) in [5.41, 5.74) is 0.240. The van der Waals surface area contributed by atoms with E-state index in [9.17, 15) is 20.2 Å². The van der Waals surface area contributed by atoms with Crippen molar-refractivity contribution in [2.75, 3.05) is 0 Å². The third kappa shape index (κ3) is 2.74. The minimum Gasteiger partial charge on any atom is -0.258 e. The van der Waals surface area contributed by atoms with Gasteiger partial charge in [-0.2, -0.15) is 0 Å². The fraction of sp³-hybridized carbons (Fsp3) is 0.0769. The topological polar surface area (TPSA) is 86.3 Å². The zero-order chi connectivity index (χ0) is 13.8. The molecular formula is C13H9N2O4. The molecule has 0 aliphatic carbocycles. The van der Waals surface area contributed by atoms with Crippen molar-refractivity contribution in [3.63, 3.8) is 0 Å². The van der Waals surface area contributed by atoms with E-state index in [0.29, 0.717) is 0 Å². The van der Waals surface area contributed by atoms with Gasteiger partial charge in [0, 0.05) is 12.5 Å². The minimum absolute atomic E-state index is 0.0729. The van der Waals surface area contributed by atoms with Crippen LogP contribution in [0.2, 0.25) is 0 Å². The van der Waals surface area contributed by atoms with Crippen LogP contribution in [0.15, 0.2) is 42.5 Å². The first-order valence-electron chi connectivity index (χ1n) is 5.46. The predicted octanol–water partition coefficient (Wildman–Crippen LogP) is 2.89. The number of nitro benzene ring substituents is 2. The summed E-state index contributed by atoms with van der Waals surface area (Å²) in [7, 11) is 0. The second-order valence-electron chi connectivity index (χ2n) is 3.87. The van der Waals surface area contributed by atoms with E-state index in [-0.39, 0.29) is 23.4 Å². The number of hydrogen-bond donors (Lipinski definition) is 0.